The number of ether oxygens (including phenoxy) is 6. The normalized spacial score (nSPS) is 25.8. The van der Waals surface area contributed by atoms with Gasteiger partial charge in [0.2, 0.25) is 0 Å². The van der Waals surface area contributed by atoms with Crippen molar-refractivity contribution < 1.29 is 73.8 Å². The molecule has 7 N–H and O–H groups in total. The van der Waals surface area contributed by atoms with Crippen LogP contribution in [0.5, 0.6) is 0 Å². The molecule has 0 amide bonds. The SMILES string of the molecule is CCCCCC/C=C/CCCCCCCCCCCC(=O)OC[C@@H](CO[C@@H]1O[C@H](CO[C@@H]2O[C@H](CO)[C@H](O)C(O)C2O)[C@H](O)C(O)C1O)OC(=O)CCCCCCCCCCCCCCCCC. The third kappa shape index (κ3) is 28.3. The Labute approximate surface area is 410 Å². The lowest BCUT2D eigenvalue weighted by Gasteiger charge is -2.42. The number of carbonyl (C=O) groups excluding carboxylic acids is 2. The van der Waals surface area contributed by atoms with Gasteiger partial charge in [0.25, 0.3) is 0 Å². The van der Waals surface area contributed by atoms with Gasteiger partial charge in [-0.3, -0.25) is 9.59 Å². The minimum atomic E-state index is -1.76. The van der Waals surface area contributed by atoms with E-state index in [0.717, 1.165) is 38.5 Å². The van der Waals surface area contributed by atoms with E-state index in [4.69, 9.17) is 28.4 Å². The van der Waals surface area contributed by atoms with Gasteiger partial charge in [-0.05, 0) is 38.5 Å². The second-order valence-electron chi connectivity index (χ2n) is 19.4. The molecule has 2 fully saturated rings. The molecule has 0 saturated carbocycles. The number of aliphatic hydroxyl groups excluding tert-OH is 7. The van der Waals surface area contributed by atoms with Crippen LogP contribution in [0.25, 0.3) is 0 Å². The van der Waals surface area contributed by atoms with Crippen LogP contribution in [0, 0.1) is 0 Å². The average molecular weight is 975 g/mol. The molecule has 2 heterocycles. The largest absolute Gasteiger partial charge is 0.462 e. The predicted octanol–water partition coefficient (Wildman–Crippen LogP) is 8.16. The summed E-state index contributed by atoms with van der Waals surface area (Å²) >= 11 is 0. The van der Waals surface area contributed by atoms with Crippen molar-refractivity contribution in [1.29, 1.82) is 0 Å². The van der Waals surface area contributed by atoms with Crippen molar-refractivity contribution in [2.75, 3.05) is 26.4 Å². The summed E-state index contributed by atoms with van der Waals surface area (Å²) in [5.74, 6) is -0.915. The summed E-state index contributed by atoms with van der Waals surface area (Å²) in [4.78, 5) is 25.8. The maximum atomic E-state index is 13.0. The fourth-order valence-electron chi connectivity index (χ4n) is 8.74. The number of carbonyl (C=O) groups is 2. The summed E-state index contributed by atoms with van der Waals surface area (Å²) in [7, 11) is 0. The molecule has 0 aliphatic carbocycles. The van der Waals surface area contributed by atoms with Gasteiger partial charge in [0.1, 0.15) is 55.4 Å². The van der Waals surface area contributed by atoms with E-state index >= 15 is 0 Å². The Bertz CT molecular complexity index is 1240. The van der Waals surface area contributed by atoms with Crippen LogP contribution in [0.1, 0.15) is 219 Å². The molecule has 400 valence electrons. The van der Waals surface area contributed by atoms with Crippen molar-refractivity contribution in [3.8, 4) is 0 Å². The highest BCUT2D eigenvalue weighted by Crippen LogP contribution is 2.27. The Morgan fingerprint density at radius 3 is 1.31 bits per heavy atom. The fourth-order valence-corrected chi connectivity index (χ4v) is 8.74. The number of rotatable bonds is 43. The summed E-state index contributed by atoms with van der Waals surface area (Å²) in [6, 6.07) is 0. The molecule has 0 aromatic carbocycles. The zero-order valence-electron chi connectivity index (χ0n) is 42.4. The van der Waals surface area contributed by atoms with Gasteiger partial charge < -0.3 is 64.2 Å². The minimum absolute atomic E-state index is 0.171. The molecule has 2 saturated heterocycles. The summed E-state index contributed by atoms with van der Waals surface area (Å²) in [5.41, 5.74) is 0. The highest BCUT2D eigenvalue weighted by atomic mass is 16.7. The van der Waals surface area contributed by atoms with Crippen molar-refractivity contribution in [2.24, 2.45) is 0 Å². The van der Waals surface area contributed by atoms with E-state index in [0.29, 0.717) is 12.8 Å². The van der Waals surface area contributed by atoms with Crippen LogP contribution in [0.4, 0.5) is 0 Å². The van der Waals surface area contributed by atoms with Crippen molar-refractivity contribution in [1.82, 2.24) is 0 Å². The Morgan fingerprint density at radius 1 is 0.456 bits per heavy atom. The Hall–Kier alpha value is -1.76. The average Bonchev–Trinajstić information content (AvgIpc) is 3.33. The van der Waals surface area contributed by atoms with Gasteiger partial charge in [0.05, 0.1) is 19.8 Å². The summed E-state index contributed by atoms with van der Waals surface area (Å²) in [6.07, 6.45) is 23.7. The van der Waals surface area contributed by atoms with Crippen LogP contribution in [0.3, 0.4) is 0 Å². The van der Waals surface area contributed by atoms with Crippen LogP contribution in [0.2, 0.25) is 0 Å². The van der Waals surface area contributed by atoms with E-state index in [1.54, 1.807) is 0 Å². The lowest BCUT2D eigenvalue weighted by Crippen LogP contribution is -2.61. The molecule has 0 aromatic heterocycles. The van der Waals surface area contributed by atoms with Gasteiger partial charge in [0, 0.05) is 12.8 Å². The van der Waals surface area contributed by atoms with Gasteiger partial charge in [-0.1, -0.05) is 180 Å². The second kappa shape index (κ2) is 40.8. The quantitative estimate of drug-likeness (QED) is 0.0174. The van der Waals surface area contributed by atoms with Gasteiger partial charge in [-0.2, -0.15) is 0 Å². The number of hydrogen-bond donors (Lipinski definition) is 7. The topological polar surface area (TPSA) is 231 Å². The molecule has 4 unspecified atom stereocenters. The number of allylic oxidation sites excluding steroid dienone is 2. The van der Waals surface area contributed by atoms with Gasteiger partial charge in [-0.15, -0.1) is 0 Å². The molecule has 0 radical (unpaired) electrons. The first-order valence-electron chi connectivity index (χ1n) is 27.3. The van der Waals surface area contributed by atoms with E-state index in [1.807, 2.05) is 0 Å². The number of unbranched alkanes of at least 4 members (excludes halogenated alkanes) is 27. The lowest BCUT2D eigenvalue weighted by atomic mass is 9.98. The van der Waals surface area contributed by atoms with Crippen LogP contribution in [-0.4, -0.2) is 142 Å². The van der Waals surface area contributed by atoms with Gasteiger partial charge in [0.15, 0.2) is 18.7 Å². The molecule has 0 aromatic rings. The third-order valence-corrected chi connectivity index (χ3v) is 13.2. The highest BCUT2D eigenvalue weighted by Gasteiger charge is 2.47. The van der Waals surface area contributed by atoms with E-state index < -0.39 is 92.7 Å². The summed E-state index contributed by atoms with van der Waals surface area (Å²) in [6.45, 7) is 2.61. The van der Waals surface area contributed by atoms with Gasteiger partial charge in [-0.25, -0.2) is 0 Å². The monoisotopic (exact) mass is 975 g/mol. The molecular formula is C53H98O15. The maximum absolute atomic E-state index is 13.0. The molecule has 11 atom stereocenters. The highest BCUT2D eigenvalue weighted by molar-refractivity contribution is 5.70. The lowest BCUT2D eigenvalue weighted by molar-refractivity contribution is -0.332. The second-order valence-corrected chi connectivity index (χ2v) is 19.4. The van der Waals surface area contributed by atoms with Crippen molar-refractivity contribution in [2.45, 2.75) is 287 Å². The number of hydrogen-bond acceptors (Lipinski definition) is 15. The van der Waals surface area contributed by atoms with Crippen LogP contribution in [-0.2, 0) is 38.0 Å². The molecule has 15 nitrogen and oxygen atoms in total. The first-order chi connectivity index (χ1) is 33.0. The molecule has 2 rings (SSSR count). The molecule has 0 bridgehead atoms. The molecule has 68 heavy (non-hydrogen) atoms. The van der Waals surface area contributed by atoms with Crippen molar-refractivity contribution in [3.05, 3.63) is 12.2 Å². The predicted molar refractivity (Wildman–Crippen MR) is 261 cm³/mol. The summed E-state index contributed by atoms with van der Waals surface area (Å²) < 4.78 is 33.6. The smallest absolute Gasteiger partial charge is 0.306 e. The maximum Gasteiger partial charge on any atom is 0.306 e. The van der Waals surface area contributed by atoms with Crippen LogP contribution >= 0.6 is 0 Å². The minimum Gasteiger partial charge on any atom is -0.462 e. The van der Waals surface area contributed by atoms with Gasteiger partial charge >= 0.3 is 11.9 Å². The number of esters is 2. The number of aliphatic hydroxyl groups is 7. The first-order valence-corrected chi connectivity index (χ1v) is 27.3. The molecule has 2 aliphatic rings. The Kier molecular flexibility index (Phi) is 37.4. The van der Waals surface area contributed by atoms with E-state index in [-0.39, 0.29) is 26.1 Å². The fraction of sp³-hybridized carbons (Fsp3) is 0.925. The van der Waals surface area contributed by atoms with Crippen LogP contribution < -0.4 is 0 Å². The van der Waals surface area contributed by atoms with E-state index in [2.05, 4.69) is 26.0 Å². The Balaban J connectivity index is 1.78. The van der Waals surface area contributed by atoms with Crippen LogP contribution in [0.15, 0.2) is 12.2 Å². The zero-order chi connectivity index (χ0) is 49.6. The van der Waals surface area contributed by atoms with E-state index in [1.165, 1.54) is 141 Å². The van der Waals surface area contributed by atoms with Crippen molar-refractivity contribution in [3.63, 3.8) is 0 Å². The molecule has 2 aliphatic heterocycles. The zero-order valence-corrected chi connectivity index (χ0v) is 42.4. The summed E-state index contributed by atoms with van der Waals surface area (Å²) in [5, 5.41) is 72.1. The van der Waals surface area contributed by atoms with Crippen molar-refractivity contribution >= 4 is 11.9 Å². The standard InChI is InChI=1S/C53H98O15/c1-3-5-7-9-11-13-15-17-19-20-22-23-25-27-29-31-33-35-44(55)63-38-41(66-45(56)36-34-32-30-28-26-24-21-18-16-14-12-10-8-6-4-2)39-64-52-51(62)49(60)47(58)43(68-52)40-65-53-50(61)48(59)46(57)42(37-54)67-53/h13,15,41-43,46-54,57-62H,3-12,14,16-40H2,1-2H3/b15-13+/t41-,42+,43+,46-,47-,48?,49?,50?,51?,52+,53+/m0/s1. The molecular weight excluding hydrogens is 877 g/mol. The first kappa shape index (κ1) is 62.4. The molecule has 0 spiro atoms. The third-order valence-electron chi connectivity index (χ3n) is 13.2. The van der Waals surface area contributed by atoms with E-state index in [9.17, 15) is 45.3 Å². The Morgan fingerprint density at radius 2 is 0.838 bits per heavy atom. The molecule has 15 heteroatoms.